The second-order valence-electron chi connectivity index (χ2n) is 6.23. The average molecular weight is 295 g/mol. The fraction of sp³-hybridized carbons (Fsp3) is 0.688. The van der Waals surface area contributed by atoms with E-state index in [-0.39, 0.29) is 0 Å². The van der Waals surface area contributed by atoms with E-state index in [9.17, 15) is 0 Å². The number of hydrogen-bond donors (Lipinski definition) is 1. The number of ether oxygens (including phenoxy) is 1. The predicted molar refractivity (Wildman–Crippen MR) is 81.2 cm³/mol. The summed E-state index contributed by atoms with van der Waals surface area (Å²) in [5.41, 5.74) is 0.903. The van der Waals surface area contributed by atoms with Crippen LogP contribution < -0.4 is 10.1 Å². The lowest BCUT2D eigenvalue weighted by molar-refractivity contribution is 0.130. The molecule has 0 bridgehead atoms. The van der Waals surface area contributed by atoms with Gasteiger partial charge in [0, 0.05) is 18.7 Å². The third-order valence-electron chi connectivity index (χ3n) is 4.28. The summed E-state index contributed by atoms with van der Waals surface area (Å²) in [4.78, 5) is 4.57. The summed E-state index contributed by atoms with van der Waals surface area (Å²) in [5, 5.41) is 4.17. The Morgan fingerprint density at radius 3 is 2.65 bits per heavy atom. The van der Waals surface area contributed by atoms with Crippen LogP contribution in [0.3, 0.4) is 0 Å². The molecule has 0 amide bonds. The van der Waals surface area contributed by atoms with Gasteiger partial charge in [-0.2, -0.15) is 0 Å². The van der Waals surface area contributed by atoms with E-state index in [1.165, 1.54) is 25.7 Å². The first-order valence-corrected chi connectivity index (χ1v) is 8.14. The van der Waals surface area contributed by atoms with Crippen LogP contribution in [0.15, 0.2) is 12.1 Å². The number of pyridine rings is 1. The summed E-state index contributed by atoms with van der Waals surface area (Å²) in [6, 6.07) is 4.46. The Balaban J connectivity index is 1.59. The molecule has 0 radical (unpaired) electrons. The lowest BCUT2D eigenvalue weighted by Gasteiger charge is -2.26. The molecule has 2 aliphatic rings. The third kappa shape index (κ3) is 3.86. The maximum Gasteiger partial charge on any atom is 0.213 e. The fourth-order valence-electron chi connectivity index (χ4n) is 2.70. The Labute approximate surface area is 126 Å². The molecular formula is C16H23ClN2O. The number of rotatable bonds is 5. The first-order chi connectivity index (χ1) is 9.70. The Bertz CT molecular complexity index is 454. The van der Waals surface area contributed by atoms with Gasteiger partial charge in [0.05, 0.1) is 10.7 Å². The van der Waals surface area contributed by atoms with Gasteiger partial charge in [-0.05, 0) is 50.5 Å². The first-order valence-electron chi connectivity index (χ1n) is 7.76. The van der Waals surface area contributed by atoms with E-state index < -0.39 is 0 Å². The number of hydrogen-bond acceptors (Lipinski definition) is 3. The predicted octanol–water partition coefficient (Wildman–Crippen LogP) is 3.94. The van der Waals surface area contributed by atoms with Crippen LogP contribution in [-0.4, -0.2) is 17.1 Å². The summed E-state index contributed by atoms with van der Waals surface area (Å²) in [6.45, 7) is 3.06. The highest BCUT2D eigenvalue weighted by Gasteiger charge is 2.22. The molecule has 1 N–H and O–H groups in total. The van der Waals surface area contributed by atoms with Gasteiger partial charge >= 0.3 is 0 Å². The zero-order valence-corrected chi connectivity index (χ0v) is 12.8. The van der Waals surface area contributed by atoms with Crippen LogP contribution in [-0.2, 0) is 6.54 Å². The molecule has 3 rings (SSSR count). The van der Waals surface area contributed by atoms with Gasteiger partial charge in [-0.25, -0.2) is 4.98 Å². The number of aromatic nitrogens is 1. The van der Waals surface area contributed by atoms with E-state index in [4.69, 9.17) is 16.3 Å². The van der Waals surface area contributed by atoms with Crippen molar-refractivity contribution in [3.8, 4) is 5.88 Å². The Hall–Kier alpha value is -0.800. The van der Waals surface area contributed by atoms with Gasteiger partial charge in [-0.1, -0.05) is 18.5 Å². The molecule has 0 saturated heterocycles. The Kier molecular flexibility index (Phi) is 4.47. The summed E-state index contributed by atoms with van der Waals surface area (Å²) >= 11 is 6.20. The molecule has 0 atom stereocenters. The molecule has 1 aromatic rings. The molecule has 0 aromatic carbocycles. The maximum absolute atomic E-state index is 6.20. The lowest BCUT2D eigenvalue weighted by Crippen LogP contribution is -2.24. The standard InChI is InChI=1S/C16H23ClN2O/c1-11-2-6-13(7-3-11)20-16-9-8-14(17)15(19-16)10-18-12-4-5-12/h8-9,11-13,18H,2-7,10H2,1H3. The van der Waals surface area contributed by atoms with Gasteiger partial charge in [0.25, 0.3) is 0 Å². The highest BCUT2D eigenvalue weighted by atomic mass is 35.5. The van der Waals surface area contributed by atoms with Crippen LogP contribution in [0, 0.1) is 5.92 Å². The highest BCUT2D eigenvalue weighted by Crippen LogP contribution is 2.28. The van der Waals surface area contributed by atoms with Crippen molar-refractivity contribution >= 4 is 11.6 Å². The minimum Gasteiger partial charge on any atom is -0.474 e. The molecule has 20 heavy (non-hydrogen) atoms. The number of halogens is 1. The topological polar surface area (TPSA) is 34.1 Å². The minimum atomic E-state index is 0.323. The summed E-state index contributed by atoms with van der Waals surface area (Å²) in [7, 11) is 0. The van der Waals surface area contributed by atoms with E-state index in [0.717, 1.165) is 41.9 Å². The van der Waals surface area contributed by atoms with Crippen molar-refractivity contribution in [2.75, 3.05) is 0 Å². The van der Waals surface area contributed by atoms with Crippen LogP contribution in [0.4, 0.5) is 0 Å². The molecule has 3 nitrogen and oxygen atoms in total. The highest BCUT2D eigenvalue weighted by molar-refractivity contribution is 6.31. The minimum absolute atomic E-state index is 0.323. The van der Waals surface area contributed by atoms with E-state index in [2.05, 4.69) is 17.2 Å². The van der Waals surface area contributed by atoms with Crippen molar-refractivity contribution in [3.05, 3.63) is 22.8 Å². The Morgan fingerprint density at radius 2 is 1.95 bits per heavy atom. The largest absolute Gasteiger partial charge is 0.474 e. The lowest BCUT2D eigenvalue weighted by atomic mass is 9.89. The van der Waals surface area contributed by atoms with Crippen molar-refractivity contribution in [1.82, 2.24) is 10.3 Å². The van der Waals surface area contributed by atoms with E-state index >= 15 is 0 Å². The molecule has 110 valence electrons. The van der Waals surface area contributed by atoms with Crippen molar-refractivity contribution in [3.63, 3.8) is 0 Å². The van der Waals surface area contributed by atoms with Crippen LogP contribution in [0.1, 0.15) is 51.1 Å². The molecule has 0 unspecified atom stereocenters. The van der Waals surface area contributed by atoms with Crippen LogP contribution >= 0.6 is 11.6 Å². The van der Waals surface area contributed by atoms with Crippen molar-refractivity contribution < 1.29 is 4.74 Å². The molecule has 4 heteroatoms. The van der Waals surface area contributed by atoms with E-state index in [1.807, 2.05) is 12.1 Å². The number of nitrogens with zero attached hydrogens (tertiary/aromatic N) is 1. The molecule has 0 spiro atoms. The quantitative estimate of drug-likeness (QED) is 0.893. The van der Waals surface area contributed by atoms with Gasteiger partial charge < -0.3 is 10.1 Å². The summed E-state index contributed by atoms with van der Waals surface area (Å²) in [5.74, 6) is 1.56. The SMILES string of the molecule is CC1CCC(Oc2ccc(Cl)c(CNC3CC3)n2)CC1. The summed E-state index contributed by atoms with van der Waals surface area (Å²) in [6.07, 6.45) is 7.66. The first kappa shape index (κ1) is 14.2. The summed E-state index contributed by atoms with van der Waals surface area (Å²) < 4.78 is 6.02. The van der Waals surface area contributed by atoms with Gasteiger partial charge in [0.15, 0.2) is 0 Å². The van der Waals surface area contributed by atoms with Gasteiger partial charge in [0.2, 0.25) is 5.88 Å². The molecule has 1 heterocycles. The van der Waals surface area contributed by atoms with E-state index in [1.54, 1.807) is 0 Å². The molecule has 2 aliphatic carbocycles. The van der Waals surface area contributed by atoms with Crippen molar-refractivity contribution in [2.45, 2.75) is 64.1 Å². The Morgan fingerprint density at radius 1 is 1.20 bits per heavy atom. The van der Waals surface area contributed by atoms with Crippen molar-refractivity contribution in [1.29, 1.82) is 0 Å². The van der Waals surface area contributed by atoms with Crippen LogP contribution in [0.25, 0.3) is 0 Å². The normalized spacial score (nSPS) is 26.5. The second-order valence-corrected chi connectivity index (χ2v) is 6.64. The van der Waals surface area contributed by atoms with Gasteiger partial charge in [0.1, 0.15) is 6.10 Å². The molecular weight excluding hydrogens is 272 g/mol. The molecule has 2 fully saturated rings. The third-order valence-corrected chi connectivity index (χ3v) is 4.62. The number of nitrogens with one attached hydrogen (secondary N) is 1. The molecule has 2 saturated carbocycles. The van der Waals surface area contributed by atoms with Crippen molar-refractivity contribution in [2.24, 2.45) is 5.92 Å². The zero-order valence-electron chi connectivity index (χ0n) is 12.1. The second kappa shape index (κ2) is 6.31. The molecule has 0 aliphatic heterocycles. The molecule has 1 aromatic heterocycles. The van der Waals surface area contributed by atoms with E-state index in [0.29, 0.717) is 12.1 Å². The average Bonchev–Trinajstić information content (AvgIpc) is 3.26. The maximum atomic E-state index is 6.20. The zero-order chi connectivity index (χ0) is 13.9. The van der Waals surface area contributed by atoms with Crippen LogP contribution in [0.5, 0.6) is 5.88 Å². The fourth-order valence-corrected chi connectivity index (χ4v) is 2.87. The monoisotopic (exact) mass is 294 g/mol. The van der Waals surface area contributed by atoms with Crippen LogP contribution in [0.2, 0.25) is 5.02 Å². The van der Waals surface area contributed by atoms with Gasteiger partial charge in [-0.3, -0.25) is 0 Å². The smallest absolute Gasteiger partial charge is 0.213 e. The van der Waals surface area contributed by atoms with Gasteiger partial charge in [-0.15, -0.1) is 0 Å².